The predicted octanol–water partition coefficient (Wildman–Crippen LogP) is 4.95. The van der Waals surface area contributed by atoms with Crippen molar-refractivity contribution in [3.8, 4) is 5.75 Å². The number of nitrogens with one attached hydrogen (secondary N) is 1. The van der Waals surface area contributed by atoms with Crippen LogP contribution in [0.15, 0.2) is 42.6 Å². The van der Waals surface area contributed by atoms with Crippen LogP contribution in [0.25, 0.3) is 10.9 Å². The zero-order chi connectivity index (χ0) is 18.5. The van der Waals surface area contributed by atoms with Gasteiger partial charge in [0, 0.05) is 18.1 Å². The third-order valence-electron chi connectivity index (χ3n) is 6.36. The molecular formula is C23H29AlN2O. The van der Waals surface area contributed by atoms with Crippen LogP contribution in [0.5, 0.6) is 5.75 Å². The van der Waals surface area contributed by atoms with Crippen molar-refractivity contribution in [1.29, 1.82) is 0 Å². The Kier molecular flexibility index (Phi) is 6.50. The maximum atomic E-state index is 5.35. The topological polar surface area (TPSA) is 34.1 Å². The van der Waals surface area contributed by atoms with E-state index < -0.39 is 0 Å². The summed E-state index contributed by atoms with van der Waals surface area (Å²) in [5, 5.41) is 4.77. The summed E-state index contributed by atoms with van der Waals surface area (Å²) in [5.41, 5.74) is 2.22. The first-order valence-corrected chi connectivity index (χ1v) is 10.9. The molecule has 3 atom stereocenters. The lowest BCUT2D eigenvalue weighted by Gasteiger charge is -2.17. The van der Waals surface area contributed by atoms with Gasteiger partial charge in [-0.05, 0) is 67.7 Å². The second-order valence-corrected chi connectivity index (χ2v) is 8.40. The Labute approximate surface area is 171 Å². The number of pyridine rings is 1. The van der Waals surface area contributed by atoms with Gasteiger partial charge in [0.05, 0.1) is 0 Å². The van der Waals surface area contributed by atoms with E-state index >= 15 is 0 Å². The number of hydrogen-bond donors (Lipinski definition) is 1. The quantitative estimate of drug-likeness (QED) is 0.362. The van der Waals surface area contributed by atoms with Gasteiger partial charge in [-0.25, -0.2) is 0 Å². The molecule has 1 aromatic carbocycles. The smallest absolute Gasteiger partial charge is 0.482 e. The minimum Gasteiger partial charge on any atom is -0.652 e. The molecule has 1 aromatic heterocycles. The van der Waals surface area contributed by atoms with Crippen molar-refractivity contribution < 1.29 is 3.79 Å². The van der Waals surface area contributed by atoms with Crippen LogP contribution in [0.3, 0.4) is 0 Å². The van der Waals surface area contributed by atoms with Crippen molar-refractivity contribution in [2.45, 2.75) is 51.5 Å². The Morgan fingerprint density at radius 3 is 2.81 bits per heavy atom. The zero-order valence-electron chi connectivity index (χ0n) is 16.1. The van der Waals surface area contributed by atoms with E-state index in [4.69, 9.17) is 3.79 Å². The molecule has 2 aliphatic carbocycles. The number of allylic oxidation sites excluding steroid dienone is 2. The van der Waals surface area contributed by atoms with Crippen molar-refractivity contribution >= 4 is 27.5 Å². The molecule has 0 saturated heterocycles. The Bertz CT molecular complexity index is 791. The molecule has 0 aliphatic heterocycles. The SMILES string of the molecule is [Al][O]c1ccc(CNCCCCCCC2CC3C=CC2C3)c2cccnc12. The second kappa shape index (κ2) is 9.24. The minimum absolute atomic E-state index is 0.810. The van der Waals surface area contributed by atoms with Crippen molar-refractivity contribution in [3.05, 3.63) is 48.2 Å². The molecule has 1 heterocycles. The fourth-order valence-corrected chi connectivity index (χ4v) is 5.10. The summed E-state index contributed by atoms with van der Waals surface area (Å²) in [7, 11) is 0. The molecule has 4 heteroatoms. The van der Waals surface area contributed by atoms with Gasteiger partial charge in [-0.1, -0.05) is 43.5 Å². The molecule has 0 spiro atoms. The lowest BCUT2D eigenvalue weighted by molar-refractivity contribution is 0.394. The summed E-state index contributed by atoms with van der Waals surface area (Å²) in [6.07, 6.45) is 16.5. The Morgan fingerprint density at radius 2 is 2.00 bits per heavy atom. The van der Waals surface area contributed by atoms with E-state index in [1.807, 2.05) is 18.3 Å². The molecule has 2 aliphatic rings. The molecule has 1 fully saturated rings. The van der Waals surface area contributed by atoms with Gasteiger partial charge in [0.25, 0.3) is 0 Å². The number of nitrogens with zero attached hydrogens (tertiary/aromatic N) is 1. The standard InChI is InChI=1S/C23H30N2O.Al/c26-22-11-10-20(21-7-5-13-25-23(21)22)16-24-12-4-2-1-3-6-18-14-17-8-9-19(18)15-17;/h5,7-11,13,17-19,24,26H,1-4,6,12,14-16H2;/q;+1/p-1. The molecule has 140 valence electrons. The molecule has 2 aromatic rings. The number of benzene rings is 1. The van der Waals surface area contributed by atoms with Crippen LogP contribution >= 0.6 is 0 Å². The van der Waals surface area contributed by atoms with Crippen LogP contribution < -0.4 is 9.11 Å². The zero-order valence-corrected chi connectivity index (χ0v) is 17.2. The number of aromatic nitrogens is 1. The summed E-state index contributed by atoms with van der Waals surface area (Å²) in [6.45, 7) is 1.97. The molecule has 0 amide bonds. The van der Waals surface area contributed by atoms with Gasteiger partial charge in [0.15, 0.2) is 0 Å². The minimum atomic E-state index is 0.810. The highest BCUT2D eigenvalue weighted by atomic mass is 27.1. The molecule has 4 rings (SSSR count). The highest BCUT2D eigenvalue weighted by Crippen LogP contribution is 2.45. The normalized spacial score (nSPS) is 23.3. The largest absolute Gasteiger partial charge is 0.652 e. The maximum Gasteiger partial charge on any atom is 0.482 e. The Morgan fingerprint density at radius 1 is 1.07 bits per heavy atom. The van der Waals surface area contributed by atoms with Gasteiger partial charge in [0.2, 0.25) is 0 Å². The summed E-state index contributed by atoms with van der Waals surface area (Å²) >= 11 is 2.31. The van der Waals surface area contributed by atoms with Gasteiger partial charge in [-0.3, -0.25) is 4.98 Å². The summed E-state index contributed by atoms with van der Waals surface area (Å²) in [5.74, 6) is 3.65. The first-order chi connectivity index (χ1) is 13.3. The molecule has 3 nitrogen and oxygen atoms in total. The van der Waals surface area contributed by atoms with Crippen molar-refractivity contribution in [1.82, 2.24) is 10.3 Å². The van der Waals surface area contributed by atoms with Crippen molar-refractivity contribution in [2.75, 3.05) is 6.54 Å². The van der Waals surface area contributed by atoms with Crippen LogP contribution in [-0.4, -0.2) is 28.2 Å². The fraction of sp³-hybridized carbons (Fsp3) is 0.522. The van der Waals surface area contributed by atoms with E-state index in [1.165, 1.54) is 55.9 Å². The molecule has 2 bridgehead atoms. The van der Waals surface area contributed by atoms with E-state index in [9.17, 15) is 0 Å². The number of rotatable bonds is 10. The third kappa shape index (κ3) is 4.57. The summed E-state index contributed by atoms with van der Waals surface area (Å²) in [4.78, 5) is 4.47. The average Bonchev–Trinajstić information content (AvgIpc) is 3.33. The van der Waals surface area contributed by atoms with Crippen molar-refractivity contribution in [2.24, 2.45) is 17.8 Å². The molecule has 1 saturated carbocycles. The van der Waals surface area contributed by atoms with E-state index in [0.717, 1.165) is 42.1 Å². The molecule has 27 heavy (non-hydrogen) atoms. The van der Waals surface area contributed by atoms with E-state index in [2.05, 4.69) is 51.2 Å². The van der Waals surface area contributed by atoms with Gasteiger partial charge < -0.3 is 9.11 Å². The van der Waals surface area contributed by atoms with Gasteiger partial charge >= 0.3 is 16.6 Å². The van der Waals surface area contributed by atoms with Crippen molar-refractivity contribution in [3.63, 3.8) is 0 Å². The summed E-state index contributed by atoms with van der Waals surface area (Å²) < 4.78 is 5.35. The lowest BCUT2D eigenvalue weighted by Crippen LogP contribution is -2.15. The summed E-state index contributed by atoms with van der Waals surface area (Å²) in [6, 6.07) is 8.26. The number of fused-ring (bicyclic) bond motifs is 3. The Hall–Kier alpha value is -1.34. The van der Waals surface area contributed by atoms with E-state index in [0.29, 0.717) is 0 Å². The highest BCUT2D eigenvalue weighted by molar-refractivity contribution is 6.02. The van der Waals surface area contributed by atoms with E-state index in [-0.39, 0.29) is 0 Å². The highest BCUT2D eigenvalue weighted by Gasteiger charge is 2.34. The third-order valence-corrected chi connectivity index (χ3v) is 6.61. The van der Waals surface area contributed by atoms with Gasteiger partial charge in [0.1, 0.15) is 11.3 Å². The first kappa shape index (κ1) is 19.0. The average molecular weight is 376 g/mol. The van der Waals surface area contributed by atoms with Crippen LogP contribution in [0, 0.1) is 17.8 Å². The van der Waals surface area contributed by atoms with Crippen LogP contribution in [-0.2, 0) is 6.54 Å². The fourth-order valence-electron chi connectivity index (χ4n) is 4.91. The van der Waals surface area contributed by atoms with E-state index in [1.54, 1.807) is 0 Å². The van der Waals surface area contributed by atoms with Crippen LogP contribution in [0.1, 0.15) is 50.5 Å². The molecule has 1 N–H and O–H groups in total. The van der Waals surface area contributed by atoms with Gasteiger partial charge in [-0.2, -0.15) is 0 Å². The maximum absolute atomic E-state index is 5.35. The van der Waals surface area contributed by atoms with Crippen LogP contribution in [0.2, 0.25) is 0 Å². The first-order valence-electron chi connectivity index (χ1n) is 10.5. The monoisotopic (exact) mass is 376 g/mol. The second-order valence-electron chi connectivity index (χ2n) is 8.16. The van der Waals surface area contributed by atoms with Gasteiger partial charge in [-0.15, -0.1) is 0 Å². The Balaban J connectivity index is 1.14. The number of hydrogen-bond acceptors (Lipinski definition) is 3. The predicted molar refractivity (Wildman–Crippen MR) is 112 cm³/mol. The van der Waals surface area contributed by atoms with Crippen LogP contribution in [0.4, 0.5) is 0 Å². The molecule has 3 unspecified atom stereocenters. The molecular weight excluding hydrogens is 347 g/mol. The number of unbranched alkanes of at least 4 members (excludes halogenated alkanes) is 3. The lowest BCUT2D eigenvalue weighted by atomic mass is 9.88. The molecule has 2 radical (unpaired) electrons.